The third-order valence-corrected chi connectivity index (χ3v) is 9.98. The summed E-state index contributed by atoms with van der Waals surface area (Å²) < 4.78 is 12.7. The maximum Gasteiger partial charge on any atom is 0.125 e. The van der Waals surface area contributed by atoms with Crippen LogP contribution < -0.4 is 9.47 Å². The summed E-state index contributed by atoms with van der Waals surface area (Å²) in [5, 5.41) is 0. The van der Waals surface area contributed by atoms with Gasteiger partial charge < -0.3 is 9.47 Å². The fourth-order valence-electron chi connectivity index (χ4n) is 6.62. The highest BCUT2D eigenvalue weighted by molar-refractivity contribution is 5.57. The van der Waals surface area contributed by atoms with Gasteiger partial charge in [-0.05, 0) is 62.8 Å². The van der Waals surface area contributed by atoms with E-state index in [0.29, 0.717) is 0 Å². The molecule has 0 spiro atoms. The van der Waals surface area contributed by atoms with Crippen LogP contribution in [0.15, 0.2) is 0 Å². The third kappa shape index (κ3) is 20.0. The number of hydrogen-bond donors (Lipinski definition) is 0. The lowest BCUT2D eigenvalue weighted by Gasteiger charge is -2.21. The molecule has 1 rings (SSSR count). The van der Waals surface area contributed by atoms with E-state index in [4.69, 9.17) is 9.47 Å². The molecule has 0 aromatic heterocycles. The predicted molar refractivity (Wildman–Crippen MR) is 197 cm³/mol. The number of rotatable bonds is 32. The third-order valence-electron chi connectivity index (χ3n) is 9.98. The minimum atomic E-state index is 0.831. The summed E-state index contributed by atoms with van der Waals surface area (Å²) in [6.07, 6.45) is 38.9. The van der Waals surface area contributed by atoms with Gasteiger partial charge in [-0.3, -0.25) is 0 Å². The van der Waals surface area contributed by atoms with Crippen molar-refractivity contribution in [1.29, 1.82) is 0 Å². The van der Waals surface area contributed by atoms with Crippen molar-refractivity contribution in [2.75, 3.05) is 13.2 Å². The first kappa shape index (κ1) is 40.8. The monoisotopic (exact) mass is 615 g/mol. The first-order valence-corrected chi connectivity index (χ1v) is 19.9. The Morgan fingerprint density at radius 3 is 0.659 bits per heavy atom. The van der Waals surface area contributed by atoms with Gasteiger partial charge in [0, 0.05) is 0 Å². The number of unbranched alkanes of at least 4 members (excludes halogenated alkanes) is 26. The molecule has 2 heteroatoms. The molecular formula is C42H78O2. The van der Waals surface area contributed by atoms with E-state index in [0.717, 1.165) is 37.6 Å². The highest BCUT2D eigenvalue weighted by Gasteiger charge is 2.17. The van der Waals surface area contributed by atoms with Gasteiger partial charge in [0.15, 0.2) is 0 Å². The highest BCUT2D eigenvalue weighted by Crippen LogP contribution is 2.37. The molecule has 0 radical (unpaired) electrons. The van der Waals surface area contributed by atoms with Crippen molar-refractivity contribution in [3.05, 3.63) is 22.3 Å². The van der Waals surface area contributed by atoms with Gasteiger partial charge in [0.2, 0.25) is 0 Å². The van der Waals surface area contributed by atoms with Gasteiger partial charge in [-0.25, -0.2) is 0 Å². The van der Waals surface area contributed by atoms with Gasteiger partial charge >= 0.3 is 0 Å². The molecule has 0 heterocycles. The Morgan fingerprint density at radius 2 is 0.455 bits per heavy atom. The lowest BCUT2D eigenvalue weighted by Crippen LogP contribution is -2.07. The number of ether oxygens (including phenoxy) is 2. The Labute approximate surface area is 277 Å². The lowest BCUT2D eigenvalue weighted by molar-refractivity contribution is 0.289. The van der Waals surface area contributed by atoms with E-state index < -0.39 is 0 Å². The molecular weight excluding hydrogens is 536 g/mol. The topological polar surface area (TPSA) is 18.5 Å². The normalized spacial score (nSPS) is 11.4. The average molecular weight is 615 g/mol. The Hall–Kier alpha value is -1.18. The van der Waals surface area contributed by atoms with Crippen LogP contribution in [0.3, 0.4) is 0 Å². The smallest absolute Gasteiger partial charge is 0.125 e. The number of benzene rings is 1. The van der Waals surface area contributed by atoms with Crippen molar-refractivity contribution in [3.8, 4) is 11.5 Å². The Bertz CT molecular complexity index is 688. The van der Waals surface area contributed by atoms with Crippen molar-refractivity contribution in [2.45, 2.75) is 221 Å². The van der Waals surface area contributed by atoms with Gasteiger partial charge in [0.25, 0.3) is 0 Å². The summed E-state index contributed by atoms with van der Waals surface area (Å²) in [4.78, 5) is 0. The molecule has 0 fully saturated rings. The van der Waals surface area contributed by atoms with Crippen LogP contribution in [-0.4, -0.2) is 13.2 Å². The van der Waals surface area contributed by atoms with Gasteiger partial charge in [-0.15, -0.1) is 0 Å². The standard InChI is InChI=1S/C42H78O2/c1-7-9-11-13-15-17-19-21-23-25-27-29-31-33-35-43-41-37(3)39(5)42(40(6)38(41)4)44-36-34-32-30-28-26-24-22-20-18-16-14-12-10-8-2/h7-36H2,1-6H3. The van der Waals surface area contributed by atoms with Crippen LogP contribution in [0.4, 0.5) is 0 Å². The van der Waals surface area contributed by atoms with E-state index in [-0.39, 0.29) is 0 Å². The quantitative estimate of drug-likeness (QED) is 0.0752. The maximum absolute atomic E-state index is 6.37. The van der Waals surface area contributed by atoms with Crippen LogP contribution in [-0.2, 0) is 0 Å². The molecule has 2 nitrogen and oxygen atoms in total. The van der Waals surface area contributed by atoms with Crippen molar-refractivity contribution in [1.82, 2.24) is 0 Å². The Kier molecular flexibility index (Phi) is 27.1. The summed E-state index contributed by atoms with van der Waals surface area (Å²) in [7, 11) is 0. The van der Waals surface area contributed by atoms with Crippen LogP contribution in [0.5, 0.6) is 11.5 Å². The summed E-state index contributed by atoms with van der Waals surface area (Å²) in [6, 6.07) is 0. The second kappa shape index (κ2) is 29.2. The molecule has 0 saturated carbocycles. The molecule has 0 saturated heterocycles. The molecule has 1 aromatic rings. The molecule has 258 valence electrons. The van der Waals surface area contributed by atoms with Crippen LogP contribution in [0.1, 0.15) is 216 Å². The molecule has 0 amide bonds. The van der Waals surface area contributed by atoms with Crippen molar-refractivity contribution >= 4 is 0 Å². The molecule has 0 aliphatic heterocycles. The minimum Gasteiger partial charge on any atom is -0.493 e. The molecule has 0 N–H and O–H groups in total. The maximum atomic E-state index is 6.37. The highest BCUT2D eigenvalue weighted by atomic mass is 16.5. The van der Waals surface area contributed by atoms with Crippen molar-refractivity contribution < 1.29 is 9.47 Å². The molecule has 44 heavy (non-hydrogen) atoms. The largest absolute Gasteiger partial charge is 0.493 e. The molecule has 0 unspecified atom stereocenters. The van der Waals surface area contributed by atoms with Crippen LogP contribution in [0.2, 0.25) is 0 Å². The Morgan fingerprint density at radius 1 is 0.273 bits per heavy atom. The lowest BCUT2D eigenvalue weighted by atomic mass is 9.98. The van der Waals surface area contributed by atoms with E-state index in [1.54, 1.807) is 0 Å². The Balaban J connectivity index is 2.11. The SMILES string of the molecule is CCCCCCCCCCCCCCCCOc1c(C)c(C)c(OCCCCCCCCCCCCCCCC)c(C)c1C. The zero-order valence-electron chi connectivity index (χ0n) is 31.0. The van der Waals surface area contributed by atoms with Crippen molar-refractivity contribution in [3.63, 3.8) is 0 Å². The van der Waals surface area contributed by atoms with E-state index in [1.165, 1.54) is 189 Å². The van der Waals surface area contributed by atoms with Crippen LogP contribution in [0.25, 0.3) is 0 Å². The second-order valence-corrected chi connectivity index (χ2v) is 14.0. The van der Waals surface area contributed by atoms with Crippen LogP contribution in [0, 0.1) is 27.7 Å². The zero-order valence-corrected chi connectivity index (χ0v) is 31.0. The molecule has 1 aromatic carbocycles. The van der Waals surface area contributed by atoms with E-state index >= 15 is 0 Å². The molecule has 0 bridgehead atoms. The summed E-state index contributed by atoms with van der Waals surface area (Å²) in [6.45, 7) is 15.1. The molecule has 0 aliphatic carbocycles. The summed E-state index contributed by atoms with van der Waals surface area (Å²) in [5.74, 6) is 2.19. The van der Waals surface area contributed by atoms with Gasteiger partial charge in [-0.1, -0.05) is 181 Å². The van der Waals surface area contributed by atoms with Gasteiger partial charge in [0.05, 0.1) is 13.2 Å². The number of hydrogen-bond acceptors (Lipinski definition) is 2. The minimum absolute atomic E-state index is 0.831. The van der Waals surface area contributed by atoms with Crippen LogP contribution >= 0.6 is 0 Å². The average Bonchev–Trinajstić information content (AvgIpc) is 3.02. The fourth-order valence-corrected chi connectivity index (χ4v) is 6.62. The first-order chi connectivity index (χ1) is 21.5. The molecule has 0 atom stereocenters. The first-order valence-electron chi connectivity index (χ1n) is 19.9. The van der Waals surface area contributed by atoms with Gasteiger partial charge in [0.1, 0.15) is 11.5 Å². The fraction of sp³-hybridized carbons (Fsp3) is 0.857. The van der Waals surface area contributed by atoms with E-state index in [2.05, 4.69) is 41.5 Å². The van der Waals surface area contributed by atoms with E-state index in [9.17, 15) is 0 Å². The summed E-state index contributed by atoms with van der Waals surface area (Å²) in [5.41, 5.74) is 5.03. The van der Waals surface area contributed by atoms with Gasteiger partial charge in [-0.2, -0.15) is 0 Å². The second-order valence-electron chi connectivity index (χ2n) is 14.0. The van der Waals surface area contributed by atoms with E-state index in [1.807, 2.05) is 0 Å². The summed E-state index contributed by atoms with van der Waals surface area (Å²) >= 11 is 0. The molecule has 0 aliphatic rings. The zero-order chi connectivity index (χ0) is 32.1. The van der Waals surface area contributed by atoms with Crippen molar-refractivity contribution in [2.24, 2.45) is 0 Å². The predicted octanol–water partition coefficient (Wildman–Crippen LogP) is 14.6.